The molecule has 4 nitrogen and oxygen atoms in total. The zero-order valence-electron chi connectivity index (χ0n) is 8.45. The van der Waals surface area contributed by atoms with Gasteiger partial charge in [0.25, 0.3) is 5.91 Å². The fourth-order valence-electron chi connectivity index (χ4n) is 1.27. The second-order valence-electron chi connectivity index (χ2n) is 3.18. The van der Waals surface area contributed by atoms with Gasteiger partial charge >= 0.3 is 5.97 Å². The van der Waals surface area contributed by atoms with Crippen LogP contribution in [0.5, 0.6) is 0 Å². The normalized spacial score (nSPS) is 18.1. The zero-order chi connectivity index (χ0) is 12.4. The van der Waals surface area contributed by atoms with Crippen LogP contribution in [0.3, 0.4) is 0 Å². The Bertz CT molecular complexity index is 507. The minimum absolute atomic E-state index is 0.292. The van der Waals surface area contributed by atoms with Gasteiger partial charge in [-0.1, -0.05) is 30.0 Å². The molecule has 2 rings (SSSR count). The van der Waals surface area contributed by atoms with Crippen molar-refractivity contribution in [1.82, 2.24) is 4.90 Å². The fraction of sp³-hybridized carbons (Fsp3) is 0.100. The van der Waals surface area contributed by atoms with E-state index in [4.69, 9.17) is 17.3 Å². The van der Waals surface area contributed by atoms with Gasteiger partial charge in [-0.25, -0.2) is 0 Å². The number of aliphatic carboxylic acids is 1. The number of carbonyl (C=O) groups is 2. The summed E-state index contributed by atoms with van der Waals surface area (Å²) in [5.41, 5.74) is 0. The van der Waals surface area contributed by atoms with Crippen molar-refractivity contribution >= 4 is 57.6 Å². The van der Waals surface area contributed by atoms with Crippen LogP contribution in [0.1, 0.15) is 4.88 Å². The number of hydrogen-bond acceptors (Lipinski definition) is 5. The van der Waals surface area contributed by atoms with Crippen molar-refractivity contribution < 1.29 is 14.7 Å². The summed E-state index contributed by atoms with van der Waals surface area (Å²) in [5.74, 6) is -1.41. The molecule has 0 saturated carbocycles. The highest BCUT2D eigenvalue weighted by Gasteiger charge is 2.33. The molecule has 0 radical (unpaired) electrons. The highest BCUT2D eigenvalue weighted by Crippen LogP contribution is 2.32. The summed E-state index contributed by atoms with van der Waals surface area (Å²) in [6.07, 6.45) is 1.73. The predicted octanol–water partition coefficient (Wildman–Crippen LogP) is 2.03. The van der Waals surface area contributed by atoms with E-state index < -0.39 is 5.97 Å². The third kappa shape index (κ3) is 2.74. The Hall–Kier alpha value is -1.18. The second-order valence-corrected chi connectivity index (χ2v) is 5.83. The Kier molecular flexibility index (Phi) is 3.60. The first-order chi connectivity index (χ1) is 8.08. The minimum Gasteiger partial charge on any atom is -0.480 e. The van der Waals surface area contributed by atoms with E-state index in [0.29, 0.717) is 9.23 Å². The molecule has 0 aliphatic carbocycles. The van der Waals surface area contributed by atoms with Crippen LogP contribution in [0.25, 0.3) is 6.08 Å². The summed E-state index contributed by atoms with van der Waals surface area (Å²) in [5, 5.41) is 10.6. The molecule has 1 fully saturated rings. The molecule has 1 aliphatic rings. The molecule has 0 unspecified atom stereocenters. The van der Waals surface area contributed by atoms with Gasteiger partial charge < -0.3 is 5.11 Å². The number of nitrogens with zero attached hydrogens (tertiary/aromatic N) is 1. The van der Waals surface area contributed by atoms with Crippen LogP contribution in [0.4, 0.5) is 0 Å². The monoisotopic (exact) mass is 285 g/mol. The zero-order valence-corrected chi connectivity index (χ0v) is 10.9. The topological polar surface area (TPSA) is 57.6 Å². The molecule has 0 spiro atoms. The van der Waals surface area contributed by atoms with Crippen molar-refractivity contribution in [3.05, 3.63) is 27.3 Å². The van der Waals surface area contributed by atoms with Gasteiger partial charge in [0.15, 0.2) is 0 Å². The summed E-state index contributed by atoms with van der Waals surface area (Å²) in [7, 11) is 0. The highest BCUT2D eigenvalue weighted by molar-refractivity contribution is 8.26. The third-order valence-electron chi connectivity index (χ3n) is 1.98. The molecule has 1 aliphatic heterocycles. The van der Waals surface area contributed by atoms with Crippen molar-refractivity contribution in [2.45, 2.75) is 0 Å². The van der Waals surface area contributed by atoms with Crippen molar-refractivity contribution in [1.29, 1.82) is 0 Å². The molecule has 1 N–H and O–H groups in total. The van der Waals surface area contributed by atoms with Gasteiger partial charge in [-0.3, -0.25) is 14.5 Å². The SMILES string of the molecule is O=C(O)CN1C(=O)/C(=C/c2cccs2)SC1=S. The molecule has 88 valence electrons. The van der Waals surface area contributed by atoms with Crippen LogP contribution < -0.4 is 0 Å². The van der Waals surface area contributed by atoms with Gasteiger partial charge in [-0.15, -0.1) is 11.3 Å². The number of thiocarbonyl (C=S) groups is 1. The number of thiophene rings is 1. The average Bonchev–Trinajstić information content (AvgIpc) is 2.83. The Morgan fingerprint density at radius 1 is 1.59 bits per heavy atom. The lowest BCUT2D eigenvalue weighted by Gasteiger charge is -2.09. The molecule has 0 bridgehead atoms. The molecule has 7 heteroatoms. The molecule has 1 amide bonds. The largest absolute Gasteiger partial charge is 0.480 e. The Balaban J connectivity index is 2.21. The summed E-state index contributed by atoms with van der Waals surface area (Å²) in [6, 6.07) is 3.77. The number of thioether (sulfide) groups is 1. The Morgan fingerprint density at radius 2 is 2.35 bits per heavy atom. The number of hydrogen-bond donors (Lipinski definition) is 1. The van der Waals surface area contributed by atoms with Crippen LogP contribution in [-0.2, 0) is 9.59 Å². The van der Waals surface area contributed by atoms with E-state index in [0.717, 1.165) is 21.5 Å². The first-order valence-corrected chi connectivity index (χ1v) is 6.69. The van der Waals surface area contributed by atoms with Crippen LogP contribution >= 0.6 is 35.3 Å². The molecular formula is C10H7NO3S3. The number of carboxylic acid groups (broad SMARTS) is 1. The van der Waals surface area contributed by atoms with E-state index >= 15 is 0 Å². The molecule has 1 aromatic heterocycles. The smallest absolute Gasteiger partial charge is 0.323 e. The summed E-state index contributed by atoms with van der Waals surface area (Å²) < 4.78 is 0.292. The lowest BCUT2D eigenvalue weighted by Crippen LogP contribution is -2.33. The van der Waals surface area contributed by atoms with E-state index in [9.17, 15) is 9.59 Å². The second kappa shape index (κ2) is 4.99. The Labute approximate surface area is 111 Å². The molecule has 0 atom stereocenters. The first-order valence-electron chi connectivity index (χ1n) is 4.58. The van der Waals surface area contributed by atoms with Gasteiger partial charge in [-0.05, 0) is 17.5 Å². The predicted molar refractivity (Wildman–Crippen MR) is 71.8 cm³/mol. The third-order valence-corrected chi connectivity index (χ3v) is 4.18. The lowest BCUT2D eigenvalue weighted by atomic mass is 10.4. The quantitative estimate of drug-likeness (QED) is 0.680. The van der Waals surface area contributed by atoms with Gasteiger partial charge in [0, 0.05) is 4.88 Å². The molecule has 17 heavy (non-hydrogen) atoms. The first kappa shape index (κ1) is 12.3. The molecule has 0 aromatic carbocycles. The highest BCUT2D eigenvalue weighted by atomic mass is 32.2. The van der Waals surface area contributed by atoms with E-state index in [1.165, 1.54) is 11.3 Å². The van der Waals surface area contributed by atoms with Gasteiger partial charge in [0.1, 0.15) is 10.9 Å². The number of amides is 1. The van der Waals surface area contributed by atoms with E-state index in [1.807, 2.05) is 17.5 Å². The molecular weight excluding hydrogens is 278 g/mol. The van der Waals surface area contributed by atoms with Crippen LogP contribution in [-0.4, -0.2) is 32.7 Å². The molecule has 1 saturated heterocycles. The van der Waals surface area contributed by atoms with Crippen molar-refractivity contribution in [2.24, 2.45) is 0 Å². The van der Waals surface area contributed by atoms with Gasteiger partial charge in [0.2, 0.25) is 0 Å². The number of rotatable bonds is 3. The maximum atomic E-state index is 11.9. The summed E-state index contributed by atoms with van der Waals surface area (Å²) in [4.78, 5) is 25.0. The van der Waals surface area contributed by atoms with Crippen LogP contribution in [0, 0.1) is 0 Å². The van der Waals surface area contributed by atoms with E-state index in [-0.39, 0.29) is 12.5 Å². The van der Waals surface area contributed by atoms with Crippen molar-refractivity contribution in [2.75, 3.05) is 6.54 Å². The maximum Gasteiger partial charge on any atom is 0.323 e. The van der Waals surface area contributed by atoms with Crippen LogP contribution in [0.2, 0.25) is 0 Å². The number of carbonyl (C=O) groups excluding carboxylic acids is 1. The fourth-order valence-corrected chi connectivity index (χ4v) is 3.25. The van der Waals surface area contributed by atoms with Gasteiger partial charge in [0.05, 0.1) is 4.91 Å². The average molecular weight is 285 g/mol. The van der Waals surface area contributed by atoms with Crippen LogP contribution in [0.15, 0.2) is 22.4 Å². The van der Waals surface area contributed by atoms with Crippen molar-refractivity contribution in [3.63, 3.8) is 0 Å². The Morgan fingerprint density at radius 3 is 2.94 bits per heavy atom. The minimum atomic E-state index is -1.07. The standard InChI is InChI=1S/C10H7NO3S3/c12-8(13)5-11-9(14)7(17-10(11)15)4-6-2-1-3-16-6/h1-4H,5H2,(H,12,13)/b7-4-. The van der Waals surface area contributed by atoms with Crippen molar-refractivity contribution in [3.8, 4) is 0 Å². The molecule has 2 heterocycles. The number of carboxylic acids is 1. The summed E-state index contributed by atoms with van der Waals surface area (Å²) in [6.45, 7) is -0.382. The maximum absolute atomic E-state index is 11.9. The van der Waals surface area contributed by atoms with E-state index in [1.54, 1.807) is 6.08 Å². The molecule has 1 aromatic rings. The van der Waals surface area contributed by atoms with Gasteiger partial charge in [-0.2, -0.15) is 0 Å². The van der Waals surface area contributed by atoms with E-state index in [2.05, 4.69) is 0 Å². The lowest BCUT2D eigenvalue weighted by molar-refractivity contribution is -0.140. The summed E-state index contributed by atoms with van der Waals surface area (Å²) >= 11 is 7.62.